The lowest BCUT2D eigenvalue weighted by Crippen LogP contribution is -2.47. The molecule has 2 heterocycles. The van der Waals surface area contributed by atoms with Gasteiger partial charge in [-0.3, -0.25) is 9.69 Å². The maximum Gasteiger partial charge on any atom is 0.257 e. The first-order valence-corrected chi connectivity index (χ1v) is 15.9. The summed E-state index contributed by atoms with van der Waals surface area (Å²) < 4.78 is 87.9. The molecule has 2 aliphatic rings. The van der Waals surface area contributed by atoms with Gasteiger partial charge in [0.1, 0.15) is 5.56 Å². The van der Waals surface area contributed by atoms with Crippen LogP contribution < -0.4 is 5.32 Å². The zero-order chi connectivity index (χ0) is 34.7. The van der Waals surface area contributed by atoms with Crippen molar-refractivity contribution < 1.29 is 46.1 Å². The number of nitrogens with zero attached hydrogens (tertiary/aromatic N) is 1. The molecule has 49 heavy (non-hydrogen) atoms. The van der Waals surface area contributed by atoms with Crippen LogP contribution in [-0.4, -0.2) is 54.9 Å². The molecule has 4 atom stereocenters. The first-order chi connectivity index (χ1) is 23.7. The van der Waals surface area contributed by atoms with Crippen LogP contribution in [0.5, 0.6) is 0 Å². The van der Waals surface area contributed by atoms with E-state index in [1.165, 1.54) is 0 Å². The average Bonchev–Trinajstić information content (AvgIpc) is 3.14. The fourth-order valence-corrected chi connectivity index (χ4v) is 6.21. The summed E-state index contributed by atoms with van der Waals surface area (Å²) in [5.74, 6) is -12.5. The van der Waals surface area contributed by atoms with Gasteiger partial charge in [-0.25, -0.2) is 22.0 Å². The number of aliphatic hydroxyl groups is 1. The van der Waals surface area contributed by atoms with Gasteiger partial charge in [-0.2, -0.15) is 0 Å². The Kier molecular flexibility index (Phi) is 10.7. The van der Waals surface area contributed by atoms with Gasteiger partial charge >= 0.3 is 0 Å². The molecule has 0 bridgehead atoms. The second kappa shape index (κ2) is 15.1. The number of benzene rings is 4. The average molecular weight is 683 g/mol. The van der Waals surface area contributed by atoms with E-state index in [-0.39, 0.29) is 31.3 Å². The zero-order valence-electron chi connectivity index (χ0n) is 26.6. The summed E-state index contributed by atoms with van der Waals surface area (Å²) in [5, 5.41) is 11.8. The topological polar surface area (TPSA) is 80.3 Å². The van der Waals surface area contributed by atoms with E-state index in [1.807, 2.05) is 48.5 Å². The van der Waals surface area contributed by atoms with Gasteiger partial charge < -0.3 is 24.6 Å². The van der Waals surface area contributed by atoms with Crippen LogP contribution in [-0.2, 0) is 27.4 Å². The lowest BCUT2D eigenvalue weighted by Gasteiger charge is -2.43. The third-order valence-electron chi connectivity index (χ3n) is 9.05. The largest absolute Gasteiger partial charge is 0.392 e. The van der Waals surface area contributed by atoms with E-state index in [0.717, 1.165) is 35.3 Å². The van der Waals surface area contributed by atoms with Crippen molar-refractivity contribution in [3.05, 3.63) is 130 Å². The Labute approximate surface area is 280 Å². The number of aliphatic hydroxyl groups excluding tert-OH is 1. The molecule has 0 unspecified atom stereocenters. The van der Waals surface area contributed by atoms with Crippen LogP contribution in [0.3, 0.4) is 0 Å². The van der Waals surface area contributed by atoms with E-state index in [1.54, 1.807) is 24.3 Å². The Morgan fingerprint density at radius 1 is 0.816 bits per heavy atom. The fourth-order valence-electron chi connectivity index (χ4n) is 6.21. The molecule has 2 saturated heterocycles. The van der Waals surface area contributed by atoms with E-state index in [4.69, 9.17) is 14.2 Å². The van der Waals surface area contributed by atoms with Crippen molar-refractivity contribution in [1.29, 1.82) is 0 Å². The van der Waals surface area contributed by atoms with Gasteiger partial charge in [-0.05, 0) is 27.8 Å². The zero-order valence-corrected chi connectivity index (χ0v) is 26.6. The molecule has 2 N–H and O–H groups in total. The molecule has 1 amide bonds. The number of nitrogens with one attached hydrogen (secondary N) is 1. The van der Waals surface area contributed by atoms with Gasteiger partial charge in [0.15, 0.2) is 29.6 Å². The summed E-state index contributed by atoms with van der Waals surface area (Å²) in [7, 11) is 0. The first-order valence-electron chi connectivity index (χ1n) is 15.9. The molecule has 0 spiro atoms. The molecule has 0 saturated carbocycles. The molecule has 12 heteroatoms. The van der Waals surface area contributed by atoms with Crippen LogP contribution in [0.2, 0.25) is 0 Å². The number of morpholine rings is 1. The number of amides is 1. The first kappa shape index (κ1) is 34.7. The predicted octanol–water partition coefficient (Wildman–Crippen LogP) is 6.60. The summed E-state index contributed by atoms with van der Waals surface area (Å²) in [6, 6.07) is 22.1. The minimum atomic E-state index is -2.33. The van der Waals surface area contributed by atoms with Crippen molar-refractivity contribution in [3.63, 3.8) is 0 Å². The van der Waals surface area contributed by atoms with E-state index in [0.29, 0.717) is 30.9 Å². The number of halogens is 5. The summed E-state index contributed by atoms with van der Waals surface area (Å²) in [5.41, 5.74) is 2.98. The Balaban J connectivity index is 1.21. The number of carbonyl (C=O) groups is 1. The number of hydrogen-bond acceptors (Lipinski definition) is 6. The normalized spacial score (nSPS) is 21.4. The lowest BCUT2D eigenvalue weighted by atomic mass is 9.90. The molecule has 4 aromatic carbocycles. The minimum Gasteiger partial charge on any atom is -0.392 e. The van der Waals surface area contributed by atoms with E-state index in [2.05, 4.69) is 17.1 Å². The third kappa shape index (κ3) is 7.38. The third-order valence-corrected chi connectivity index (χ3v) is 9.05. The van der Waals surface area contributed by atoms with Crippen molar-refractivity contribution in [1.82, 2.24) is 10.2 Å². The highest BCUT2D eigenvalue weighted by atomic mass is 19.2. The summed E-state index contributed by atoms with van der Waals surface area (Å²) >= 11 is 0. The molecule has 258 valence electrons. The molecule has 0 aliphatic carbocycles. The van der Waals surface area contributed by atoms with Gasteiger partial charge in [0.2, 0.25) is 5.82 Å². The van der Waals surface area contributed by atoms with Gasteiger partial charge in [0.25, 0.3) is 5.91 Å². The lowest BCUT2D eigenvalue weighted by molar-refractivity contribution is -0.277. The molecule has 2 aliphatic heterocycles. The second-order valence-electron chi connectivity index (χ2n) is 12.1. The summed E-state index contributed by atoms with van der Waals surface area (Å²) in [6.07, 6.45) is -1.12. The quantitative estimate of drug-likeness (QED) is 0.118. The second-order valence-corrected chi connectivity index (χ2v) is 12.1. The Morgan fingerprint density at radius 3 is 2.08 bits per heavy atom. The van der Waals surface area contributed by atoms with Crippen LogP contribution in [0.1, 0.15) is 51.9 Å². The van der Waals surface area contributed by atoms with Crippen LogP contribution in [0.25, 0.3) is 11.1 Å². The molecule has 0 aromatic heterocycles. The van der Waals surface area contributed by atoms with Crippen LogP contribution in [0, 0.1) is 35.0 Å². The maximum atomic E-state index is 14.2. The number of ether oxygens (including phenoxy) is 3. The molecule has 6 rings (SSSR count). The SMILES string of the molecule is C[C@@H]1[C@H](CN2CCOCC2)O[C@H](c2ccc(-c3ccccc3CNC(=O)c3c(F)c(F)c(F)c(F)c3F)cc2)O[C@@H]1c1ccc(CO)cc1. The number of hydrogen-bond donors (Lipinski definition) is 2. The Hall–Kier alpha value is -4.20. The van der Waals surface area contributed by atoms with E-state index < -0.39 is 46.8 Å². The highest BCUT2D eigenvalue weighted by Crippen LogP contribution is 2.42. The summed E-state index contributed by atoms with van der Waals surface area (Å²) in [4.78, 5) is 14.9. The minimum absolute atomic E-state index is 0.0188. The van der Waals surface area contributed by atoms with E-state index >= 15 is 0 Å². The van der Waals surface area contributed by atoms with Crippen molar-refractivity contribution in [2.24, 2.45) is 5.92 Å². The Bertz CT molecular complexity index is 1750. The van der Waals surface area contributed by atoms with Crippen LogP contribution in [0.15, 0.2) is 72.8 Å². The maximum absolute atomic E-state index is 14.2. The van der Waals surface area contributed by atoms with Crippen LogP contribution >= 0.6 is 0 Å². The monoisotopic (exact) mass is 682 g/mol. The van der Waals surface area contributed by atoms with Crippen molar-refractivity contribution in [2.45, 2.75) is 38.6 Å². The van der Waals surface area contributed by atoms with Crippen LogP contribution in [0.4, 0.5) is 22.0 Å². The van der Waals surface area contributed by atoms with Gasteiger partial charge in [-0.15, -0.1) is 0 Å². The number of rotatable bonds is 9. The molecule has 2 fully saturated rings. The summed E-state index contributed by atoms with van der Waals surface area (Å²) in [6.45, 7) is 5.46. The molecule has 4 aromatic rings. The predicted molar refractivity (Wildman–Crippen MR) is 170 cm³/mol. The number of carbonyl (C=O) groups excluding carboxylic acids is 1. The smallest absolute Gasteiger partial charge is 0.257 e. The van der Waals surface area contributed by atoms with E-state index in [9.17, 15) is 31.9 Å². The van der Waals surface area contributed by atoms with Crippen molar-refractivity contribution in [2.75, 3.05) is 32.8 Å². The van der Waals surface area contributed by atoms with Crippen molar-refractivity contribution >= 4 is 5.91 Å². The highest BCUT2D eigenvalue weighted by molar-refractivity contribution is 5.95. The fraction of sp³-hybridized carbons (Fsp3) is 0.324. The Morgan fingerprint density at radius 2 is 1.43 bits per heavy atom. The molecular formula is C37H35F5N2O5. The highest BCUT2D eigenvalue weighted by Gasteiger charge is 2.39. The molecular weight excluding hydrogens is 647 g/mol. The van der Waals surface area contributed by atoms with Gasteiger partial charge in [0, 0.05) is 37.7 Å². The van der Waals surface area contributed by atoms with Crippen molar-refractivity contribution in [3.8, 4) is 11.1 Å². The van der Waals surface area contributed by atoms with Gasteiger partial charge in [0.05, 0.1) is 32.0 Å². The molecule has 0 radical (unpaired) electrons. The molecule has 7 nitrogen and oxygen atoms in total. The standard InChI is InChI=1S/C37H35F5N2O5/c1-21-28(19-44-14-16-47-17-15-44)48-37(49-35(21)24-8-6-22(20-45)7-9-24)25-12-10-23(11-13-25)27-5-3-2-4-26(27)18-43-36(46)29-30(38)32(40)34(42)33(41)31(29)39/h2-13,21,28,35,37,45H,14-20H2,1H3,(H,43,46)/t21-,28+,35+,37+/m1/s1. The van der Waals surface area contributed by atoms with Gasteiger partial charge in [-0.1, -0.05) is 79.7 Å².